The lowest BCUT2D eigenvalue weighted by molar-refractivity contribution is -0.151. The van der Waals surface area contributed by atoms with Gasteiger partial charge in [-0.15, -0.1) is 0 Å². The van der Waals surface area contributed by atoms with E-state index in [9.17, 15) is 31.3 Å². The maximum absolute atomic E-state index is 13.4. The Balaban J connectivity index is 1.86. The summed E-state index contributed by atoms with van der Waals surface area (Å²) in [6.07, 6.45) is 3.66. The third-order valence-corrected chi connectivity index (χ3v) is 5.32. The average molecular weight is 424 g/mol. The Kier molecular flexibility index (Phi) is 5.67. The van der Waals surface area contributed by atoms with Crippen LogP contribution in [0.1, 0.15) is 34.3 Å². The van der Waals surface area contributed by atoms with Gasteiger partial charge in [0, 0.05) is 5.69 Å². The van der Waals surface area contributed by atoms with Crippen molar-refractivity contribution in [2.75, 3.05) is 5.32 Å². The molecule has 10 heteroatoms. The average Bonchev–Trinajstić information content (AvgIpc) is 2.67. The second kappa shape index (κ2) is 7.88. The largest absolute Gasteiger partial charge is 0.743 e. The molecule has 3 rings (SSSR count). The molecule has 1 amide bonds. The van der Waals surface area contributed by atoms with Gasteiger partial charge in [-0.2, -0.15) is 8.78 Å². The molecule has 29 heavy (non-hydrogen) atoms. The number of hydrogen-bond acceptors (Lipinski definition) is 6. The van der Waals surface area contributed by atoms with Crippen LogP contribution in [0.4, 0.5) is 14.5 Å². The van der Waals surface area contributed by atoms with Crippen LogP contribution in [0.3, 0.4) is 0 Å². The zero-order chi connectivity index (χ0) is 21.2. The number of esters is 1. The summed E-state index contributed by atoms with van der Waals surface area (Å²) in [4.78, 5) is 24.2. The van der Waals surface area contributed by atoms with Crippen molar-refractivity contribution in [1.82, 2.24) is 0 Å². The number of carbonyl (C=O) groups is 2. The van der Waals surface area contributed by atoms with Crippen molar-refractivity contribution in [1.29, 1.82) is 0 Å². The minimum absolute atomic E-state index is 0.270. The maximum atomic E-state index is 13.4. The fourth-order valence-electron chi connectivity index (χ4n) is 3.09. The normalized spacial score (nSPS) is 14.0. The SMILES string of the molecule is O=C(Nc1cccc2c1CCCC2)c1ccccc1OC(=O)C(F)(F)S(=O)(=O)[O-]. The van der Waals surface area contributed by atoms with Crippen LogP contribution in [-0.2, 0) is 27.8 Å². The Labute approximate surface area is 165 Å². The van der Waals surface area contributed by atoms with Gasteiger partial charge in [-0.1, -0.05) is 24.3 Å². The summed E-state index contributed by atoms with van der Waals surface area (Å²) in [7, 11) is -6.27. The number of anilines is 1. The van der Waals surface area contributed by atoms with E-state index in [1.165, 1.54) is 18.2 Å². The molecule has 154 valence electrons. The lowest BCUT2D eigenvalue weighted by atomic mass is 9.90. The highest BCUT2D eigenvalue weighted by Gasteiger charge is 2.49. The number of halogens is 2. The number of aryl methyl sites for hydroxylation is 1. The summed E-state index contributed by atoms with van der Waals surface area (Å²) in [6, 6.07) is 10.4. The van der Waals surface area contributed by atoms with Gasteiger partial charge >= 0.3 is 11.2 Å². The molecule has 0 fully saturated rings. The fourth-order valence-corrected chi connectivity index (χ4v) is 3.34. The van der Waals surface area contributed by atoms with Crippen molar-refractivity contribution in [2.24, 2.45) is 0 Å². The first-order chi connectivity index (χ1) is 13.6. The molecule has 1 aliphatic carbocycles. The van der Waals surface area contributed by atoms with Gasteiger partial charge < -0.3 is 14.6 Å². The van der Waals surface area contributed by atoms with E-state index in [2.05, 4.69) is 10.1 Å². The summed E-state index contributed by atoms with van der Waals surface area (Å²) in [5.74, 6) is -3.91. The van der Waals surface area contributed by atoms with Crippen LogP contribution in [0, 0.1) is 0 Å². The molecule has 1 aliphatic rings. The number of rotatable bonds is 5. The molecule has 7 nitrogen and oxygen atoms in total. The van der Waals surface area contributed by atoms with Gasteiger partial charge in [-0.05, 0) is 55.0 Å². The van der Waals surface area contributed by atoms with Gasteiger partial charge in [-0.3, -0.25) is 4.79 Å². The first-order valence-corrected chi connectivity index (χ1v) is 10.1. The molecular formula is C19H16F2NO6S-. The molecule has 0 aromatic heterocycles. The summed E-state index contributed by atoms with van der Waals surface area (Å²) >= 11 is 0. The Hall–Kier alpha value is -2.85. The van der Waals surface area contributed by atoms with Crippen LogP contribution >= 0.6 is 0 Å². The first kappa shape index (κ1) is 20.9. The van der Waals surface area contributed by atoms with Crippen LogP contribution in [0.5, 0.6) is 5.75 Å². The van der Waals surface area contributed by atoms with Gasteiger partial charge in [-0.25, -0.2) is 13.2 Å². The minimum Gasteiger partial charge on any atom is -0.743 e. The van der Waals surface area contributed by atoms with Crippen LogP contribution in [0.15, 0.2) is 42.5 Å². The summed E-state index contributed by atoms with van der Waals surface area (Å²) in [6.45, 7) is 0. The Morgan fingerprint density at radius 1 is 1.03 bits per heavy atom. The number of hydrogen-bond donors (Lipinski definition) is 1. The van der Waals surface area contributed by atoms with Crippen molar-refractivity contribution >= 4 is 27.7 Å². The second-order valence-electron chi connectivity index (χ2n) is 6.46. The Morgan fingerprint density at radius 2 is 1.72 bits per heavy atom. The fraction of sp³-hybridized carbons (Fsp3) is 0.263. The quantitative estimate of drug-likeness (QED) is 0.449. The standard InChI is InChI=1S/C19H17F2NO6S/c20-19(21,29(25,26)27)18(24)28-16-11-4-3-9-14(16)17(23)22-15-10-5-7-12-6-1-2-8-13(12)15/h3-5,7,9-11H,1-2,6,8H2,(H,22,23)(H,25,26,27)/p-1. The molecule has 0 aliphatic heterocycles. The number of benzene rings is 2. The lowest BCUT2D eigenvalue weighted by Gasteiger charge is -2.20. The van der Waals surface area contributed by atoms with Crippen LogP contribution < -0.4 is 10.1 Å². The molecule has 0 saturated heterocycles. The van der Waals surface area contributed by atoms with E-state index < -0.39 is 33.0 Å². The molecular weight excluding hydrogens is 408 g/mol. The molecule has 2 aromatic rings. The highest BCUT2D eigenvalue weighted by Crippen LogP contribution is 2.30. The molecule has 0 spiro atoms. The van der Waals surface area contributed by atoms with Crippen LogP contribution in [0.2, 0.25) is 0 Å². The van der Waals surface area contributed by atoms with E-state index >= 15 is 0 Å². The van der Waals surface area contributed by atoms with Crippen molar-refractivity contribution in [3.8, 4) is 5.75 Å². The maximum Gasteiger partial charge on any atom is 0.429 e. The molecule has 0 radical (unpaired) electrons. The highest BCUT2D eigenvalue weighted by atomic mass is 32.2. The number of ether oxygens (including phenoxy) is 1. The summed E-state index contributed by atoms with van der Waals surface area (Å²) in [5.41, 5.74) is 2.37. The zero-order valence-electron chi connectivity index (χ0n) is 15.0. The van der Waals surface area contributed by atoms with E-state index in [1.807, 2.05) is 6.07 Å². The molecule has 0 saturated carbocycles. The number of carbonyl (C=O) groups excluding carboxylic acids is 2. The minimum atomic E-state index is -6.27. The summed E-state index contributed by atoms with van der Waals surface area (Å²) in [5, 5.41) is -2.61. The van der Waals surface area contributed by atoms with E-state index in [0.717, 1.165) is 42.9 Å². The summed E-state index contributed by atoms with van der Waals surface area (Å²) < 4.78 is 63.0. The van der Waals surface area contributed by atoms with E-state index in [0.29, 0.717) is 5.69 Å². The van der Waals surface area contributed by atoms with Crippen molar-refractivity contribution in [3.05, 3.63) is 59.2 Å². The van der Waals surface area contributed by atoms with Gasteiger partial charge in [0.15, 0.2) is 10.1 Å². The molecule has 1 N–H and O–H groups in total. The molecule has 0 atom stereocenters. The lowest BCUT2D eigenvalue weighted by Crippen LogP contribution is -2.41. The number of amides is 1. The predicted molar refractivity (Wildman–Crippen MR) is 97.8 cm³/mol. The monoisotopic (exact) mass is 424 g/mol. The second-order valence-corrected chi connectivity index (χ2v) is 7.88. The van der Waals surface area contributed by atoms with Crippen molar-refractivity contribution in [3.63, 3.8) is 0 Å². The van der Waals surface area contributed by atoms with Gasteiger partial charge in [0.05, 0.1) is 5.56 Å². The van der Waals surface area contributed by atoms with Crippen LogP contribution in [0.25, 0.3) is 0 Å². The zero-order valence-corrected chi connectivity index (χ0v) is 15.8. The smallest absolute Gasteiger partial charge is 0.429 e. The number of alkyl halides is 2. The highest BCUT2D eigenvalue weighted by molar-refractivity contribution is 7.87. The van der Waals surface area contributed by atoms with E-state index in [-0.39, 0.29) is 5.56 Å². The molecule has 0 bridgehead atoms. The van der Waals surface area contributed by atoms with Crippen molar-refractivity contribution in [2.45, 2.75) is 30.9 Å². The number of para-hydroxylation sites is 1. The third kappa shape index (κ3) is 4.28. The number of nitrogens with one attached hydrogen (secondary N) is 1. The topological polar surface area (TPSA) is 113 Å². The third-order valence-electron chi connectivity index (χ3n) is 4.53. The van der Waals surface area contributed by atoms with Gasteiger partial charge in [0.25, 0.3) is 5.91 Å². The Bertz CT molecular complexity index is 1070. The van der Waals surface area contributed by atoms with E-state index in [4.69, 9.17) is 0 Å². The van der Waals surface area contributed by atoms with Gasteiger partial charge in [0.2, 0.25) is 0 Å². The number of fused-ring (bicyclic) bond motifs is 1. The predicted octanol–water partition coefficient (Wildman–Crippen LogP) is 2.86. The first-order valence-electron chi connectivity index (χ1n) is 8.68. The molecule has 0 unspecified atom stereocenters. The Morgan fingerprint density at radius 3 is 2.45 bits per heavy atom. The van der Waals surface area contributed by atoms with E-state index in [1.54, 1.807) is 12.1 Å². The van der Waals surface area contributed by atoms with Crippen molar-refractivity contribution < 1.29 is 36.1 Å². The van der Waals surface area contributed by atoms with Crippen LogP contribution in [-0.4, -0.2) is 30.1 Å². The molecule has 2 aromatic carbocycles. The molecule has 0 heterocycles. The van der Waals surface area contributed by atoms with Gasteiger partial charge in [0.1, 0.15) is 5.75 Å².